The van der Waals surface area contributed by atoms with E-state index in [2.05, 4.69) is 72.0 Å². The fourth-order valence-electron chi connectivity index (χ4n) is 2.72. The van der Waals surface area contributed by atoms with Crippen LogP contribution in [0.2, 0.25) is 0 Å². The number of nitrogens with one attached hydrogen (secondary N) is 1. The van der Waals surface area contributed by atoms with Gasteiger partial charge in [0, 0.05) is 16.8 Å². The summed E-state index contributed by atoms with van der Waals surface area (Å²) in [6.45, 7) is 9.48. The molecule has 0 aliphatic rings. The first-order chi connectivity index (χ1) is 10.1. The number of imidazole rings is 1. The largest absolute Gasteiger partial charge is 0.379 e. The first-order valence-electron chi connectivity index (χ1n) is 7.32. The van der Waals surface area contributed by atoms with Crippen LogP contribution in [0, 0.1) is 13.8 Å². The molecular formula is C17H21N3S. The average molecular weight is 299 g/mol. The zero-order valence-electron chi connectivity index (χ0n) is 13.0. The quantitative estimate of drug-likeness (QED) is 0.753. The van der Waals surface area contributed by atoms with E-state index in [0.717, 1.165) is 17.2 Å². The molecule has 0 aliphatic carbocycles. The molecule has 0 saturated heterocycles. The second-order valence-corrected chi connectivity index (χ2v) is 6.57. The predicted molar refractivity (Wildman–Crippen MR) is 90.4 cm³/mol. The number of hydrogen-bond acceptors (Lipinski definition) is 3. The highest BCUT2D eigenvalue weighted by Gasteiger charge is 2.13. The zero-order valence-corrected chi connectivity index (χ0v) is 13.8. The van der Waals surface area contributed by atoms with Gasteiger partial charge in [-0.3, -0.25) is 4.40 Å². The first-order valence-corrected chi connectivity index (χ1v) is 8.20. The average Bonchev–Trinajstić information content (AvgIpc) is 2.96. The molecular weight excluding hydrogens is 278 g/mol. The van der Waals surface area contributed by atoms with E-state index in [1.165, 1.54) is 22.6 Å². The molecule has 0 amide bonds. The molecule has 0 aliphatic heterocycles. The minimum Gasteiger partial charge on any atom is -0.379 e. The Morgan fingerprint density at radius 2 is 2.00 bits per heavy atom. The molecule has 21 heavy (non-hydrogen) atoms. The highest BCUT2D eigenvalue weighted by molar-refractivity contribution is 7.15. The second-order valence-electron chi connectivity index (χ2n) is 5.73. The lowest BCUT2D eigenvalue weighted by molar-refractivity contribution is 0.862. The van der Waals surface area contributed by atoms with Crippen molar-refractivity contribution in [1.29, 1.82) is 0 Å². The summed E-state index contributed by atoms with van der Waals surface area (Å²) in [7, 11) is 0. The summed E-state index contributed by atoms with van der Waals surface area (Å²) in [5.41, 5.74) is 6.19. The lowest BCUT2D eigenvalue weighted by atomic mass is 10.0. The summed E-state index contributed by atoms with van der Waals surface area (Å²) in [4.78, 5) is 5.73. The maximum Gasteiger partial charge on any atom is 0.194 e. The van der Waals surface area contributed by atoms with Gasteiger partial charge in [0.1, 0.15) is 0 Å². The van der Waals surface area contributed by atoms with Gasteiger partial charge in [0.05, 0.1) is 17.9 Å². The normalized spacial score (nSPS) is 11.5. The first kappa shape index (κ1) is 14.1. The van der Waals surface area contributed by atoms with Crippen molar-refractivity contribution in [2.75, 3.05) is 5.32 Å². The smallest absolute Gasteiger partial charge is 0.194 e. The third kappa shape index (κ3) is 2.56. The highest BCUT2D eigenvalue weighted by Crippen LogP contribution is 2.25. The number of nitrogens with zero attached hydrogens (tertiary/aromatic N) is 2. The molecule has 1 aromatic carbocycles. The number of aromatic nitrogens is 2. The summed E-state index contributed by atoms with van der Waals surface area (Å²) < 4.78 is 2.25. The van der Waals surface area contributed by atoms with Crippen LogP contribution in [0.15, 0.2) is 29.6 Å². The number of aryl methyl sites for hydroxylation is 2. The van der Waals surface area contributed by atoms with Crippen molar-refractivity contribution in [3.8, 4) is 0 Å². The molecule has 1 N–H and O–H groups in total. The van der Waals surface area contributed by atoms with Crippen LogP contribution < -0.4 is 5.32 Å². The summed E-state index contributed by atoms with van der Waals surface area (Å²) in [5.74, 6) is 0.517. The van der Waals surface area contributed by atoms with E-state index in [1.807, 2.05) is 0 Å². The molecule has 2 heterocycles. The highest BCUT2D eigenvalue weighted by atomic mass is 32.1. The Bertz CT molecular complexity index is 768. The number of para-hydroxylation sites is 1. The molecule has 2 aromatic heterocycles. The summed E-state index contributed by atoms with van der Waals surface area (Å²) in [6.07, 6.45) is 0. The van der Waals surface area contributed by atoms with Crippen molar-refractivity contribution in [3.05, 3.63) is 52.3 Å². The Morgan fingerprint density at radius 1 is 1.24 bits per heavy atom. The second kappa shape index (κ2) is 5.53. The SMILES string of the molecule is Cc1nc2scc(C)n2c1CNc1ccccc1C(C)C. The Labute approximate surface area is 129 Å². The molecule has 3 aromatic rings. The van der Waals surface area contributed by atoms with Gasteiger partial charge in [-0.25, -0.2) is 4.98 Å². The number of thiazole rings is 1. The molecule has 110 valence electrons. The Kier molecular flexibility index (Phi) is 3.72. The standard InChI is InChI=1S/C17H21N3S/c1-11(2)14-7-5-6-8-15(14)18-9-16-13(4)19-17-20(16)12(3)10-21-17/h5-8,10-11,18H,9H2,1-4H3. The van der Waals surface area contributed by atoms with Gasteiger partial charge >= 0.3 is 0 Å². The van der Waals surface area contributed by atoms with Crippen LogP contribution in [0.5, 0.6) is 0 Å². The van der Waals surface area contributed by atoms with Crippen molar-refractivity contribution in [1.82, 2.24) is 9.38 Å². The van der Waals surface area contributed by atoms with Crippen LogP contribution in [0.3, 0.4) is 0 Å². The molecule has 0 radical (unpaired) electrons. The minimum atomic E-state index is 0.517. The summed E-state index contributed by atoms with van der Waals surface area (Å²) in [6, 6.07) is 8.54. The predicted octanol–water partition coefficient (Wildman–Crippen LogP) is 4.75. The van der Waals surface area contributed by atoms with Gasteiger partial charge in [0.2, 0.25) is 0 Å². The van der Waals surface area contributed by atoms with Crippen LogP contribution in [0.25, 0.3) is 4.96 Å². The topological polar surface area (TPSA) is 29.3 Å². The number of fused-ring (bicyclic) bond motifs is 1. The Morgan fingerprint density at radius 3 is 2.76 bits per heavy atom. The number of hydrogen-bond donors (Lipinski definition) is 1. The van der Waals surface area contributed by atoms with E-state index in [9.17, 15) is 0 Å². The fraction of sp³-hybridized carbons (Fsp3) is 0.353. The van der Waals surface area contributed by atoms with Crippen molar-refractivity contribution >= 4 is 22.0 Å². The number of rotatable bonds is 4. The van der Waals surface area contributed by atoms with E-state index in [4.69, 9.17) is 0 Å². The molecule has 0 saturated carbocycles. The van der Waals surface area contributed by atoms with Crippen molar-refractivity contribution < 1.29 is 0 Å². The lowest BCUT2D eigenvalue weighted by Gasteiger charge is -2.14. The monoisotopic (exact) mass is 299 g/mol. The molecule has 3 rings (SSSR count). The van der Waals surface area contributed by atoms with Crippen LogP contribution in [-0.4, -0.2) is 9.38 Å². The molecule has 0 bridgehead atoms. The molecule has 0 spiro atoms. The Hall–Kier alpha value is -1.81. The van der Waals surface area contributed by atoms with Crippen LogP contribution >= 0.6 is 11.3 Å². The van der Waals surface area contributed by atoms with E-state index in [0.29, 0.717) is 5.92 Å². The van der Waals surface area contributed by atoms with Crippen LogP contribution in [0.1, 0.15) is 42.4 Å². The van der Waals surface area contributed by atoms with Crippen molar-refractivity contribution in [3.63, 3.8) is 0 Å². The van der Waals surface area contributed by atoms with Gasteiger partial charge in [0.25, 0.3) is 0 Å². The van der Waals surface area contributed by atoms with Gasteiger partial charge in [-0.2, -0.15) is 0 Å². The zero-order chi connectivity index (χ0) is 15.0. The third-order valence-corrected chi connectivity index (χ3v) is 4.80. The molecule has 0 fully saturated rings. The fourth-order valence-corrected chi connectivity index (χ4v) is 3.65. The Balaban J connectivity index is 1.90. The molecule has 4 heteroatoms. The molecule has 0 atom stereocenters. The van der Waals surface area contributed by atoms with E-state index in [-0.39, 0.29) is 0 Å². The van der Waals surface area contributed by atoms with Crippen molar-refractivity contribution in [2.24, 2.45) is 0 Å². The van der Waals surface area contributed by atoms with E-state index in [1.54, 1.807) is 11.3 Å². The van der Waals surface area contributed by atoms with Gasteiger partial charge in [-0.15, -0.1) is 11.3 Å². The maximum atomic E-state index is 4.65. The van der Waals surface area contributed by atoms with Crippen LogP contribution in [0.4, 0.5) is 5.69 Å². The maximum absolute atomic E-state index is 4.65. The lowest BCUT2D eigenvalue weighted by Crippen LogP contribution is -2.07. The van der Waals surface area contributed by atoms with Gasteiger partial charge in [-0.05, 0) is 31.4 Å². The van der Waals surface area contributed by atoms with Gasteiger partial charge in [0.15, 0.2) is 4.96 Å². The van der Waals surface area contributed by atoms with E-state index < -0.39 is 0 Å². The van der Waals surface area contributed by atoms with Gasteiger partial charge in [-0.1, -0.05) is 32.0 Å². The van der Waals surface area contributed by atoms with Crippen LogP contribution in [-0.2, 0) is 6.54 Å². The third-order valence-electron chi connectivity index (χ3n) is 3.86. The summed E-state index contributed by atoms with van der Waals surface area (Å²) in [5, 5.41) is 5.75. The number of benzene rings is 1. The molecule has 3 nitrogen and oxygen atoms in total. The van der Waals surface area contributed by atoms with E-state index >= 15 is 0 Å². The summed E-state index contributed by atoms with van der Waals surface area (Å²) >= 11 is 1.70. The van der Waals surface area contributed by atoms with Crippen molar-refractivity contribution in [2.45, 2.75) is 40.2 Å². The van der Waals surface area contributed by atoms with Gasteiger partial charge < -0.3 is 5.32 Å². The number of anilines is 1. The molecule has 0 unspecified atom stereocenters. The minimum absolute atomic E-state index is 0.517.